The lowest BCUT2D eigenvalue weighted by Crippen LogP contribution is -2.36. The molecule has 16 heavy (non-hydrogen) atoms. The summed E-state index contributed by atoms with van der Waals surface area (Å²) in [6.07, 6.45) is 1.88. The van der Waals surface area contributed by atoms with Crippen LogP contribution in [-0.2, 0) is 15.1 Å². The number of hydrogen-bond acceptors (Lipinski definition) is 3. The van der Waals surface area contributed by atoms with E-state index in [1.165, 1.54) is 24.7 Å². The molecular weight excluding hydrogens is 210 g/mol. The molecule has 0 atom stereocenters. The number of aliphatic carboxylic acids is 1. The predicted molar refractivity (Wildman–Crippen MR) is 58.1 cm³/mol. The first kappa shape index (κ1) is 12.2. The minimum absolute atomic E-state index is 0.154. The summed E-state index contributed by atoms with van der Waals surface area (Å²) in [5.74, 6) is -0.775. The fraction of sp³-hybridized carbons (Fsp3) is 0.500. The molecule has 1 heterocycles. The van der Waals surface area contributed by atoms with Gasteiger partial charge in [-0.15, -0.1) is 0 Å². The SMILES string of the molecule is CCC(=O)Nc1ccn(C(C)(C)C(=O)O)n1. The van der Waals surface area contributed by atoms with Crippen LogP contribution in [0.25, 0.3) is 0 Å². The van der Waals surface area contributed by atoms with E-state index in [-0.39, 0.29) is 5.91 Å². The Labute approximate surface area is 93.3 Å². The Bertz CT molecular complexity index is 409. The molecule has 1 aromatic heterocycles. The minimum Gasteiger partial charge on any atom is -0.479 e. The Morgan fingerprint density at radius 2 is 2.19 bits per heavy atom. The average Bonchev–Trinajstić information content (AvgIpc) is 2.66. The molecule has 1 aromatic rings. The molecule has 0 aliphatic heterocycles. The van der Waals surface area contributed by atoms with Gasteiger partial charge in [0.15, 0.2) is 11.4 Å². The van der Waals surface area contributed by atoms with Crippen LogP contribution < -0.4 is 5.32 Å². The molecule has 1 rings (SSSR count). The van der Waals surface area contributed by atoms with E-state index in [9.17, 15) is 9.59 Å². The number of carbonyl (C=O) groups excluding carboxylic acids is 1. The molecule has 0 aliphatic rings. The van der Waals surface area contributed by atoms with Crippen molar-refractivity contribution >= 4 is 17.7 Å². The molecule has 0 saturated heterocycles. The third-order valence-electron chi connectivity index (χ3n) is 2.27. The Hall–Kier alpha value is -1.85. The van der Waals surface area contributed by atoms with Gasteiger partial charge in [-0.3, -0.25) is 9.48 Å². The zero-order valence-electron chi connectivity index (χ0n) is 9.52. The van der Waals surface area contributed by atoms with Crippen molar-refractivity contribution in [3.05, 3.63) is 12.3 Å². The summed E-state index contributed by atoms with van der Waals surface area (Å²) in [6.45, 7) is 4.80. The first-order valence-corrected chi connectivity index (χ1v) is 4.97. The van der Waals surface area contributed by atoms with Crippen LogP contribution in [0.15, 0.2) is 12.3 Å². The topological polar surface area (TPSA) is 84.2 Å². The van der Waals surface area contributed by atoms with Gasteiger partial charge >= 0.3 is 5.97 Å². The van der Waals surface area contributed by atoms with Crippen molar-refractivity contribution in [3.8, 4) is 0 Å². The number of rotatable bonds is 4. The molecule has 0 radical (unpaired) electrons. The van der Waals surface area contributed by atoms with Crippen molar-refractivity contribution in [1.29, 1.82) is 0 Å². The maximum Gasteiger partial charge on any atom is 0.331 e. The fourth-order valence-electron chi connectivity index (χ4n) is 1.03. The first-order chi connectivity index (χ1) is 7.37. The second kappa shape index (κ2) is 4.34. The van der Waals surface area contributed by atoms with E-state index in [0.717, 1.165) is 0 Å². The third kappa shape index (κ3) is 2.39. The molecule has 0 unspecified atom stereocenters. The minimum atomic E-state index is -1.13. The summed E-state index contributed by atoms with van der Waals surface area (Å²) in [7, 11) is 0. The van der Waals surface area contributed by atoms with E-state index in [1.54, 1.807) is 13.0 Å². The van der Waals surface area contributed by atoms with Gasteiger partial charge in [0.25, 0.3) is 0 Å². The number of aromatic nitrogens is 2. The number of amides is 1. The molecule has 0 saturated carbocycles. The van der Waals surface area contributed by atoms with Crippen molar-refractivity contribution in [2.24, 2.45) is 0 Å². The summed E-state index contributed by atoms with van der Waals surface area (Å²) in [6, 6.07) is 1.57. The van der Waals surface area contributed by atoms with E-state index < -0.39 is 11.5 Å². The van der Waals surface area contributed by atoms with Crippen LogP contribution in [0, 0.1) is 0 Å². The van der Waals surface area contributed by atoms with Crippen molar-refractivity contribution in [2.45, 2.75) is 32.7 Å². The quantitative estimate of drug-likeness (QED) is 0.802. The number of carbonyl (C=O) groups is 2. The number of hydrogen-bond donors (Lipinski definition) is 2. The van der Waals surface area contributed by atoms with Crippen molar-refractivity contribution in [3.63, 3.8) is 0 Å². The highest BCUT2D eigenvalue weighted by molar-refractivity contribution is 5.89. The van der Waals surface area contributed by atoms with Crippen LogP contribution in [0.5, 0.6) is 0 Å². The second-order valence-electron chi connectivity index (χ2n) is 3.91. The number of carboxylic acid groups (broad SMARTS) is 1. The van der Waals surface area contributed by atoms with Gasteiger partial charge in [-0.1, -0.05) is 6.92 Å². The standard InChI is InChI=1S/C10H15N3O3/c1-4-8(14)11-7-5-6-13(12-7)10(2,3)9(15)16/h5-6H,4H2,1-3H3,(H,15,16)(H,11,12,14). The van der Waals surface area contributed by atoms with Crippen LogP contribution >= 0.6 is 0 Å². The Balaban J connectivity index is 2.87. The summed E-state index contributed by atoms with van der Waals surface area (Å²) in [4.78, 5) is 22.1. The van der Waals surface area contributed by atoms with Crippen LogP contribution in [0.3, 0.4) is 0 Å². The summed E-state index contributed by atoms with van der Waals surface area (Å²) in [5.41, 5.74) is -1.13. The molecule has 0 aromatic carbocycles. The van der Waals surface area contributed by atoms with E-state index in [2.05, 4.69) is 10.4 Å². The summed E-state index contributed by atoms with van der Waals surface area (Å²) >= 11 is 0. The Kier molecular flexibility index (Phi) is 3.31. The smallest absolute Gasteiger partial charge is 0.331 e. The van der Waals surface area contributed by atoms with Gasteiger partial charge in [-0.25, -0.2) is 4.79 Å². The van der Waals surface area contributed by atoms with Gasteiger partial charge < -0.3 is 10.4 Å². The number of carboxylic acids is 1. The maximum absolute atomic E-state index is 11.1. The normalized spacial score (nSPS) is 11.2. The van der Waals surface area contributed by atoms with E-state index in [1.807, 2.05) is 0 Å². The van der Waals surface area contributed by atoms with Crippen molar-refractivity contribution in [2.75, 3.05) is 5.32 Å². The molecule has 0 bridgehead atoms. The van der Waals surface area contributed by atoms with Crippen LogP contribution in [0.1, 0.15) is 27.2 Å². The molecule has 6 heteroatoms. The monoisotopic (exact) mass is 225 g/mol. The predicted octanol–water partition coefficient (Wildman–Crippen LogP) is 1.05. The van der Waals surface area contributed by atoms with Gasteiger partial charge in [0, 0.05) is 18.7 Å². The Morgan fingerprint density at radius 1 is 1.56 bits per heavy atom. The molecule has 6 nitrogen and oxygen atoms in total. The zero-order chi connectivity index (χ0) is 12.3. The van der Waals surface area contributed by atoms with Crippen LogP contribution in [-0.4, -0.2) is 26.8 Å². The molecule has 0 spiro atoms. The highest BCUT2D eigenvalue weighted by Gasteiger charge is 2.30. The summed E-state index contributed by atoms with van der Waals surface area (Å²) in [5, 5.41) is 15.5. The van der Waals surface area contributed by atoms with Gasteiger partial charge in [-0.2, -0.15) is 5.10 Å². The highest BCUT2D eigenvalue weighted by Crippen LogP contribution is 2.16. The second-order valence-corrected chi connectivity index (χ2v) is 3.91. The van der Waals surface area contributed by atoms with E-state index in [4.69, 9.17) is 5.11 Å². The molecule has 0 aliphatic carbocycles. The molecule has 88 valence electrons. The van der Waals surface area contributed by atoms with Gasteiger partial charge in [0.05, 0.1) is 0 Å². The lowest BCUT2D eigenvalue weighted by atomic mass is 10.1. The number of nitrogens with one attached hydrogen (secondary N) is 1. The average molecular weight is 225 g/mol. The third-order valence-corrected chi connectivity index (χ3v) is 2.27. The van der Waals surface area contributed by atoms with Gasteiger partial charge in [0.2, 0.25) is 5.91 Å². The highest BCUT2D eigenvalue weighted by atomic mass is 16.4. The molecule has 0 fully saturated rings. The van der Waals surface area contributed by atoms with Crippen LogP contribution in [0.2, 0.25) is 0 Å². The van der Waals surface area contributed by atoms with Gasteiger partial charge in [0.1, 0.15) is 0 Å². The summed E-state index contributed by atoms with van der Waals surface area (Å²) < 4.78 is 1.31. The Morgan fingerprint density at radius 3 is 2.69 bits per heavy atom. The van der Waals surface area contributed by atoms with Crippen molar-refractivity contribution < 1.29 is 14.7 Å². The van der Waals surface area contributed by atoms with E-state index in [0.29, 0.717) is 12.2 Å². The van der Waals surface area contributed by atoms with Gasteiger partial charge in [-0.05, 0) is 13.8 Å². The van der Waals surface area contributed by atoms with Crippen LogP contribution in [0.4, 0.5) is 5.82 Å². The number of anilines is 1. The molecular formula is C10H15N3O3. The maximum atomic E-state index is 11.1. The largest absolute Gasteiger partial charge is 0.479 e. The molecule has 1 amide bonds. The lowest BCUT2D eigenvalue weighted by Gasteiger charge is -2.19. The van der Waals surface area contributed by atoms with E-state index >= 15 is 0 Å². The molecule has 2 N–H and O–H groups in total. The first-order valence-electron chi connectivity index (χ1n) is 4.97. The lowest BCUT2D eigenvalue weighted by molar-refractivity contribution is -0.146. The fourth-order valence-corrected chi connectivity index (χ4v) is 1.03. The zero-order valence-corrected chi connectivity index (χ0v) is 9.52. The van der Waals surface area contributed by atoms with Crippen molar-refractivity contribution in [1.82, 2.24) is 9.78 Å². The number of nitrogens with zero attached hydrogens (tertiary/aromatic N) is 2.